The second-order valence-corrected chi connectivity index (χ2v) is 3.34. The number of hydrogen-bond donors (Lipinski definition) is 2. The summed E-state index contributed by atoms with van der Waals surface area (Å²) in [5.74, 6) is 0.0252. The summed E-state index contributed by atoms with van der Waals surface area (Å²) in [6, 6.07) is 8.04. The Balaban J connectivity index is 2.23. The summed E-state index contributed by atoms with van der Waals surface area (Å²) in [5, 5.41) is 3.25. The van der Waals surface area contributed by atoms with Crippen LogP contribution in [-0.2, 0) is 4.79 Å². The summed E-state index contributed by atoms with van der Waals surface area (Å²) in [7, 11) is 0. The Kier molecular flexibility index (Phi) is 1.93. The SMILES string of the molecule is NC(=O)C[C@@H]1CNc2ccccc21. The van der Waals surface area contributed by atoms with Crippen LogP contribution >= 0.6 is 0 Å². The van der Waals surface area contributed by atoms with Gasteiger partial charge >= 0.3 is 0 Å². The van der Waals surface area contributed by atoms with E-state index in [-0.39, 0.29) is 11.8 Å². The lowest BCUT2D eigenvalue weighted by molar-refractivity contribution is -0.118. The molecule has 2 rings (SSSR count). The Morgan fingerprint density at radius 3 is 3.08 bits per heavy atom. The van der Waals surface area contributed by atoms with Gasteiger partial charge in [-0.25, -0.2) is 0 Å². The van der Waals surface area contributed by atoms with Gasteiger partial charge in [0.15, 0.2) is 0 Å². The third-order valence-corrected chi connectivity index (χ3v) is 2.39. The molecule has 0 saturated heterocycles. The second-order valence-electron chi connectivity index (χ2n) is 3.34. The lowest BCUT2D eigenvalue weighted by Gasteiger charge is -2.05. The van der Waals surface area contributed by atoms with E-state index in [0.717, 1.165) is 12.2 Å². The first-order valence-corrected chi connectivity index (χ1v) is 4.38. The smallest absolute Gasteiger partial charge is 0.218 e. The highest BCUT2D eigenvalue weighted by Gasteiger charge is 2.22. The molecule has 0 bridgehead atoms. The highest BCUT2D eigenvalue weighted by atomic mass is 16.1. The van der Waals surface area contributed by atoms with Crippen LogP contribution in [0.3, 0.4) is 0 Å². The summed E-state index contributed by atoms with van der Waals surface area (Å²) >= 11 is 0. The minimum atomic E-state index is -0.233. The molecule has 0 aromatic heterocycles. The zero-order chi connectivity index (χ0) is 9.26. The van der Waals surface area contributed by atoms with E-state index >= 15 is 0 Å². The minimum absolute atomic E-state index is 0.233. The molecular formula is C10H12N2O. The molecule has 3 nitrogen and oxygen atoms in total. The standard InChI is InChI=1S/C10H12N2O/c11-10(13)5-7-6-12-9-4-2-1-3-8(7)9/h1-4,7,12H,5-6H2,(H2,11,13)/t7-/m1/s1. The average molecular weight is 176 g/mol. The molecule has 0 fully saturated rings. The van der Waals surface area contributed by atoms with Crippen molar-refractivity contribution >= 4 is 11.6 Å². The monoisotopic (exact) mass is 176 g/mol. The summed E-state index contributed by atoms with van der Waals surface area (Å²) in [6.07, 6.45) is 0.435. The molecule has 0 spiro atoms. The van der Waals surface area contributed by atoms with Gasteiger partial charge in [0.25, 0.3) is 0 Å². The molecule has 1 aliphatic rings. The van der Waals surface area contributed by atoms with Crippen molar-refractivity contribution in [3.05, 3.63) is 29.8 Å². The van der Waals surface area contributed by atoms with Crippen molar-refractivity contribution in [2.45, 2.75) is 12.3 Å². The van der Waals surface area contributed by atoms with Crippen molar-refractivity contribution in [3.8, 4) is 0 Å². The van der Waals surface area contributed by atoms with Crippen molar-refractivity contribution in [2.24, 2.45) is 5.73 Å². The van der Waals surface area contributed by atoms with E-state index < -0.39 is 0 Å². The van der Waals surface area contributed by atoms with Gasteiger partial charge in [0.1, 0.15) is 0 Å². The zero-order valence-corrected chi connectivity index (χ0v) is 7.29. The Labute approximate surface area is 76.9 Å². The number of hydrogen-bond acceptors (Lipinski definition) is 2. The number of carbonyl (C=O) groups is 1. The van der Waals surface area contributed by atoms with E-state index in [0.29, 0.717) is 6.42 Å². The van der Waals surface area contributed by atoms with E-state index in [1.807, 2.05) is 24.3 Å². The summed E-state index contributed by atoms with van der Waals surface area (Å²) in [5.41, 5.74) is 7.51. The van der Waals surface area contributed by atoms with Crippen LogP contribution in [0.5, 0.6) is 0 Å². The molecule has 0 saturated carbocycles. The molecule has 0 unspecified atom stereocenters. The molecule has 3 N–H and O–H groups in total. The van der Waals surface area contributed by atoms with Crippen LogP contribution in [0.2, 0.25) is 0 Å². The normalized spacial score (nSPS) is 19.2. The molecule has 1 atom stereocenters. The molecule has 1 aromatic carbocycles. The highest BCUT2D eigenvalue weighted by molar-refractivity contribution is 5.76. The fraction of sp³-hybridized carbons (Fsp3) is 0.300. The average Bonchev–Trinajstić information content (AvgIpc) is 2.48. The summed E-state index contributed by atoms with van der Waals surface area (Å²) < 4.78 is 0. The summed E-state index contributed by atoms with van der Waals surface area (Å²) in [6.45, 7) is 0.822. The van der Waals surface area contributed by atoms with Gasteiger partial charge < -0.3 is 11.1 Å². The van der Waals surface area contributed by atoms with Gasteiger partial charge in [0.2, 0.25) is 5.91 Å². The Morgan fingerprint density at radius 2 is 2.31 bits per heavy atom. The molecule has 1 aliphatic heterocycles. The molecule has 68 valence electrons. The number of primary amides is 1. The van der Waals surface area contributed by atoms with Crippen molar-refractivity contribution in [2.75, 3.05) is 11.9 Å². The van der Waals surface area contributed by atoms with Crippen LogP contribution in [0.1, 0.15) is 17.9 Å². The van der Waals surface area contributed by atoms with Crippen molar-refractivity contribution in [1.29, 1.82) is 0 Å². The number of rotatable bonds is 2. The number of anilines is 1. The first-order chi connectivity index (χ1) is 6.27. The number of amides is 1. The van der Waals surface area contributed by atoms with E-state index in [1.165, 1.54) is 5.56 Å². The third kappa shape index (κ3) is 1.49. The second kappa shape index (κ2) is 3.09. The van der Waals surface area contributed by atoms with Gasteiger partial charge in [-0.3, -0.25) is 4.79 Å². The van der Waals surface area contributed by atoms with Gasteiger partial charge in [0.05, 0.1) is 0 Å². The Hall–Kier alpha value is -1.51. The predicted octanol–water partition coefficient (Wildman–Crippen LogP) is 1.07. The number of nitrogens with two attached hydrogens (primary N) is 1. The van der Waals surface area contributed by atoms with Gasteiger partial charge in [-0.2, -0.15) is 0 Å². The quantitative estimate of drug-likeness (QED) is 0.708. The maximum Gasteiger partial charge on any atom is 0.218 e. The largest absolute Gasteiger partial charge is 0.384 e. The van der Waals surface area contributed by atoms with Gasteiger partial charge in [-0.05, 0) is 11.6 Å². The van der Waals surface area contributed by atoms with Gasteiger partial charge in [0, 0.05) is 24.6 Å². The lowest BCUT2D eigenvalue weighted by Crippen LogP contribution is -2.16. The van der Waals surface area contributed by atoms with E-state index in [4.69, 9.17) is 5.73 Å². The van der Waals surface area contributed by atoms with E-state index in [9.17, 15) is 4.79 Å². The molecule has 1 heterocycles. The summed E-state index contributed by atoms with van der Waals surface area (Å²) in [4.78, 5) is 10.8. The van der Waals surface area contributed by atoms with Crippen molar-refractivity contribution in [1.82, 2.24) is 0 Å². The molecule has 0 aliphatic carbocycles. The number of para-hydroxylation sites is 1. The zero-order valence-electron chi connectivity index (χ0n) is 7.29. The molecule has 1 amide bonds. The van der Waals surface area contributed by atoms with Gasteiger partial charge in [-0.1, -0.05) is 18.2 Å². The number of fused-ring (bicyclic) bond motifs is 1. The fourth-order valence-corrected chi connectivity index (χ4v) is 1.78. The van der Waals surface area contributed by atoms with Crippen molar-refractivity contribution in [3.63, 3.8) is 0 Å². The van der Waals surface area contributed by atoms with Crippen LogP contribution in [0.25, 0.3) is 0 Å². The maximum absolute atomic E-state index is 10.8. The van der Waals surface area contributed by atoms with Crippen molar-refractivity contribution < 1.29 is 4.79 Å². The molecule has 1 aromatic rings. The topological polar surface area (TPSA) is 55.1 Å². The van der Waals surface area contributed by atoms with Crippen LogP contribution in [0.15, 0.2) is 24.3 Å². The number of nitrogens with one attached hydrogen (secondary N) is 1. The lowest BCUT2D eigenvalue weighted by atomic mass is 9.98. The predicted molar refractivity (Wildman–Crippen MR) is 51.5 cm³/mol. The van der Waals surface area contributed by atoms with E-state index in [1.54, 1.807) is 0 Å². The van der Waals surface area contributed by atoms with E-state index in [2.05, 4.69) is 5.32 Å². The third-order valence-electron chi connectivity index (χ3n) is 2.39. The van der Waals surface area contributed by atoms with Gasteiger partial charge in [-0.15, -0.1) is 0 Å². The number of carbonyl (C=O) groups excluding carboxylic acids is 1. The molecule has 13 heavy (non-hydrogen) atoms. The van der Waals surface area contributed by atoms with Crippen LogP contribution in [0.4, 0.5) is 5.69 Å². The first-order valence-electron chi connectivity index (χ1n) is 4.38. The van der Waals surface area contributed by atoms with Crippen LogP contribution in [0, 0.1) is 0 Å². The fourth-order valence-electron chi connectivity index (χ4n) is 1.78. The minimum Gasteiger partial charge on any atom is -0.384 e. The Morgan fingerprint density at radius 1 is 1.54 bits per heavy atom. The maximum atomic E-state index is 10.8. The molecule has 3 heteroatoms. The van der Waals surface area contributed by atoms with Crippen LogP contribution < -0.4 is 11.1 Å². The molecular weight excluding hydrogens is 164 g/mol. The highest BCUT2D eigenvalue weighted by Crippen LogP contribution is 2.32. The first kappa shape index (κ1) is 8.10. The number of benzene rings is 1. The molecule has 0 radical (unpaired) electrons. The van der Waals surface area contributed by atoms with Crippen LogP contribution in [-0.4, -0.2) is 12.5 Å². The Bertz CT molecular complexity index is 335.